The van der Waals surface area contributed by atoms with Crippen molar-refractivity contribution in [1.29, 1.82) is 0 Å². The van der Waals surface area contributed by atoms with Crippen molar-refractivity contribution in [3.63, 3.8) is 0 Å². The van der Waals surface area contributed by atoms with E-state index in [0.717, 1.165) is 18.7 Å². The molecule has 0 amide bonds. The van der Waals surface area contributed by atoms with Crippen LogP contribution in [0.1, 0.15) is 32.0 Å². The van der Waals surface area contributed by atoms with Gasteiger partial charge in [-0.25, -0.2) is 0 Å². The van der Waals surface area contributed by atoms with E-state index in [9.17, 15) is 0 Å². The lowest BCUT2D eigenvalue weighted by atomic mass is 10.0. The molecule has 15 heavy (non-hydrogen) atoms. The Bertz CT molecular complexity index is 263. The lowest BCUT2D eigenvalue weighted by molar-refractivity contribution is 0.215. The van der Waals surface area contributed by atoms with Crippen LogP contribution in [0.15, 0.2) is 24.4 Å². The van der Waals surface area contributed by atoms with Gasteiger partial charge in [0.15, 0.2) is 0 Å². The van der Waals surface area contributed by atoms with Gasteiger partial charge in [0.1, 0.15) is 0 Å². The summed E-state index contributed by atoms with van der Waals surface area (Å²) in [5, 5.41) is 0. The Morgan fingerprint density at radius 3 is 2.60 bits per heavy atom. The molecule has 2 N–H and O–H groups in total. The van der Waals surface area contributed by atoms with E-state index in [2.05, 4.69) is 30.8 Å². The zero-order valence-electron chi connectivity index (χ0n) is 9.85. The summed E-state index contributed by atoms with van der Waals surface area (Å²) in [5.41, 5.74) is 7.21. The fraction of sp³-hybridized carbons (Fsp3) is 0.583. The summed E-state index contributed by atoms with van der Waals surface area (Å²) < 4.78 is 0. The molecular formula is C12H21N3. The first kappa shape index (κ1) is 12.1. The van der Waals surface area contributed by atoms with Gasteiger partial charge in [-0.3, -0.25) is 9.88 Å². The van der Waals surface area contributed by atoms with Crippen molar-refractivity contribution in [2.75, 3.05) is 13.6 Å². The minimum atomic E-state index is 0.143. The van der Waals surface area contributed by atoms with Gasteiger partial charge in [-0.2, -0.15) is 0 Å². The summed E-state index contributed by atoms with van der Waals surface area (Å²) in [5.74, 6) is 0. The molecule has 0 saturated heterocycles. The summed E-state index contributed by atoms with van der Waals surface area (Å²) in [6.45, 7) is 5.23. The lowest BCUT2D eigenvalue weighted by Gasteiger charge is -2.30. The van der Waals surface area contributed by atoms with Crippen LogP contribution in [-0.2, 0) is 0 Å². The zero-order chi connectivity index (χ0) is 11.3. The highest BCUT2D eigenvalue weighted by atomic mass is 15.2. The molecule has 2 unspecified atom stereocenters. The molecule has 0 radical (unpaired) electrons. The van der Waals surface area contributed by atoms with Crippen molar-refractivity contribution in [3.8, 4) is 0 Å². The van der Waals surface area contributed by atoms with Crippen molar-refractivity contribution < 1.29 is 0 Å². The van der Waals surface area contributed by atoms with Crippen LogP contribution >= 0.6 is 0 Å². The van der Waals surface area contributed by atoms with E-state index >= 15 is 0 Å². The predicted molar refractivity (Wildman–Crippen MR) is 63.5 cm³/mol. The van der Waals surface area contributed by atoms with Crippen LogP contribution in [0.5, 0.6) is 0 Å². The van der Waals surface area contributed by atoms with Crippen LogP contribution in [-0.4, -0.2) is 29.5 Å². The molecule has 3 nitrogen and oxygen atoms in total. The molecule has 1 rings (SSSR count). The molecular weight excluding hydrogens is 186 g/mol. The number of likely N-dealkylation sites (N-methyl/N-ethyl adjacent to an activating group) is 1. The summed E-state index contributed by atoms with van der Waals surface area (Å²) in [6.07, 6.45) is 2.79. The first-order valence-corrected chi connectivity index (χ1v) is 5.57. The standard InChI is InChI=1S/C12H21N3/c1-4-10(13)12(15(3)5-2)11-8-6-7-9-14-11/h6-10,12H,4-5,13H2,1-3H3. The van der Waals surface area contributed by atoms with E-state index in [4.69, 9.17) is 5.73 Å². The van der Waals surface area contributed by atoms with E-state index in [1.807, 2.05) is 24.4 Å². The Hall–Kier alpha value is -0.930. The van der Waals surface area contributed by atoms with Crippen LogP contribution in [0, 0.1) is 0 Å². The SMILES string of the molecule is CCC(N)C(c1ccccn1)N(C)CC. The summed E-state index contributed by atoms with van der Waals surface area (Å²) >= 11 is 0. The Kier molecular flexibility index (Phi) is 4.72. The Labute approximate surface area is 92.3 Å². The van der Waals surface area contributed by atoms with Gasteiger partial charge >= 0.3 is 0 Å². The third kappa shape index (κ3) is 3.01. The highest BCUT2D eigenvalue weighted by molar-refractivity contribution is 5.11. The number of hydrogen-bond donors (Lipinski definition) is 1. The van der Waals surface area contributed by atoms with Crippen LogP contribution < -0.4 is 5.73 Å². The van der Waals surface area contributed by atoms with Crippen LogP contribution in [0.3, 0.4) is 0 Å². The first-order chi connectivity index (χ1) is 7.20. The maximum Gasteiger partial charge on any atom is 0.0671 e. The van der Waals surface area contributed by atoms with Gasteiger partial charge in [-0.05, 0) is 32.1 Å². The molecule has 0 saturated carbocycles. The Morgan fingerprint density at radius 1 is 1.40 bits per heavy atom. The minimum Gasteiger partial charge on any atom is -0.326 e. The third-order valence-electron chi connectivity index (χ3n) is 2.84. The number of hydrogen-bond acceptors (Lipinski definition) is 3. The maximum absolute atomic E-state index is 6.14. The fourth-order valence-corrected chi connectivity index (χ4v) is 1.74. The average molecular weight is 207 g/mol. The van der Waals surface area contributed by atoms with Gasteiger partial charge in [0.2, 0.25) is 0 Å². The maximum atomic E-state index is 6.14. The number of nitrogens with zero attached hydrogens (tertiary/aromatic N) is 2. The van der Waals surface area contributed by atoms with Gasteiger partial charge in [0.25, 0.3) is 0 Å². The predicted octanol–water partition coefficient (Wildman–Crippen LogP) is 1.81. The van der Waals surface area contributed by atoms with Crippen LogP contribution in [0.25, 0.3) is 0 Å². The van der Waals surface area contributed by atoms with Gasteiger partial charge in [-0.1, -0.05) is 19.9 Å². The third-order valence-corrected chi connectivity index (χ3v) is 2.84. The molecule has 0 aliphatic rings. The molecule has 1 heterocycles. The fourth-order valence-electron chi connectivity index (χ4n) is 1.74. The van der Waals surface area contributed by atoms with E-state index < -0.39 is 0 Å². The van der Waals surface area contributed by atoms with E-state index in [-0.39, 0.29) is 12.1 Å². The summed E-state index contributed by atoms with van der Waals surface area (Å²) in [4.78, 5) is 6.64. The van der Waals surface area contributed by atoms with Crippen LogP contribution in [0.4, 0.5) is 0 Å². The molecule has 3 heteroatoms. The molecule has 0 aliphatic carbocycles. The topological polar surface area (TPSA) is 42.1 Å². The zero-order valence-corrected chi connectivity index (χ0v) is 9.85. The number of rotatable bonds is 5. The Morgan fingerprint density at radius 2 is 2.13 bits per heavy atom. The molecule has 1 aromatic heterocycles. The van der Waals surface area contributed by atoms with E-state index in [0.29, 0.717) is 0 Å². The molecule has 1 aromatic rings. The van der Waals surface area contributed by atoms with E-state index in [1.54, 1.807) is 0 Å². The molecule has 2 atom stereocenters. The lowest BCUT2D eigenvalue weighted by Crippen LogP contribution is -2.39. The first-order valence-electron chi connectivity index (χ1n) is 5.57. The molecule has 0 spiro atoms. The quantitative estimate of drug-likeness (QED) is 0.800. The smallest absolute Gasteiger partial charge is 0.0671 e. The second kappa shape index (κ2) is 5.83. The van der Waals surface area contributed by atoms with Crippen molar-refractivity contribution in [2.45, 2.75) is 32.4 Å². The molecule has 0 fully saturated rings. The van der Waals surface area contributed by atoms with Gasteiger partial charge in [0, 0.05) is 12.2 Å². The summed E-state index contributed by atoms with van der Waals surface area (Å²) in [6, 6.07) is 6.36. The summed E-state index contributed by atoms with van der Waals surface area (Å²) in [7, 11) is 2.09. The number of nitrogens with two attached hydrogens (primary N) is 1. The van der Waals surface area contributed by atoms with E-state index in [1.165, 1.54) is 0 Å². The molecule has 0 aromatic carbocycles. The van der Waals surface area contributed by atoms with Gasteiger partial charge in [-0.15, -0.1) is 0 Å². The average Bonchev–Trinajstić information content (AvgIpc) is 2.30. The largest absolute Gasteiger partial charge is 0.326 e. The van der Waals surface area contributed by atoms with Gasteiger partial charge in [0.05, 0.1) is 11.7 Å². The highest BCUT2D eigenvalue weighted by Gasteiger charge is 2.22. The second-order valence-corrected chi connectivity index (χ2v) is 3.84. The highest BCUT2D eigenvalue weighted by Crippen LogP contribution is 2.21. The van der Waals surface area contributed by atoms with Crippen molar-refractivity contribution in [3.05, 3.63) is 30.1 Å². The number of aromatic nitrogens is 1. The minimum absolute atomic E-state index is 0.143. The van der Waals surface area contributed by atoms with Gasteiger partial charge < -0.3 is 5.73 Å². The monoisotopic (exact) mass is 207 g/mol. The van der Waals surface area contributed by atoms with Crippen LogP contribution in [0.2, 0.25) is 0 Å². The number of pyridine rings is 1. The normalized spacial score (nSPS) is 15.3. The van der Waals surface area contributed by atoms with Crippen molar-refractivity contribution in [2.24, 2.45) is 5.73 Å². The molecule has 84 valence electrons. The second-order valence-electron chi connectivity index (χ2n) is 3.84. The molecule has 0 aliphatic heterocycles. The molecule has 0 bridgehead atoms. The van der Waals surface area contributed by atoms with Crippen molar-refractivity contribution >= 4 is 0 Å². The Balaban J connectivity index is 2.91. The van der Waals surface area contributed by atoms with Crippen molar-refractivity contribution in [1.82, 2.24) is 9.88 Å².